The summed E-state index contributed by atoms with van der Waals surface area (Å²) in [5, 5.41) is 4.13. The summed E-state index contributed by atoms with van der Waals surface area (Å²) in [5.41, 5.74) is 1.92. The zero-order valence-corrected chi connectivity index (χ0v) is 12.2. The minimum Gasteiger partial charge on any atom is -0.310 e. The SMILES string of the molecule is Cc1cc(=O)[nH]c(Sc2ccc(CNC3CC3)cc2)n1. The summed E-state index contributed by atoms with van der Waals surface area (Å²) in [7, 11) is 0. The molecule has 0 atom stereocenters. The second-order valence-electron chi connectivity index (χ2n) is 5.09. The predicted octanol–water partition coefficient (Wildman–Crippen LogP) is 2.48. The number of aryl methyl sites for hydroxylation is 1. The minimum atomic E-state index is -0.106. The zero-order valence-electron chi connectivity index (χ0n) is 11.3. The van der Waals surface area contributed by atoms with Crippen LogP contribution in [-0.2, 0) is 6.54 Å². The number of hydrogen-bond acceptors (Lipinski definition) is 4. The van der Waals surface area contributed by atoms with E-state index in [4.69, 9.17) is 0 Å². The Balaban J connectivity index is 1.65. The Morgan fingerprint density at radius 3 is 2.75 bits per heavy atom. The first-order valence-electron chi connectivity index (χ1n) is 6.77. The molecule has 1 aromatic carbocycles. The van der Waals surface area contributed by atoms with E-state index in [9.17, 15) is 4.79 Å². The Morgan fingerprint density at radius 1 is 1.35 bits per heavy atom. The van der Waals surface area contributed by atoms with Gasteiger partial charge in [-0.2, -0.15) is 0 Å². The molecule has 1 saturated carbocycles. The summed E-state index contributed by atoms with van der Waals surface area (Å²) in [6.07, 6.45) is 2.61. The predicted molar refractivity (Wildman–Crippen MR) is 80.0 cm³/mol. The highest BCUT2D eigenvalue weighted by molar-refractivity contribution is 7.99. The normalized spacial score (nSPS) is 14.4. The Morgan fingerprint density at radius 2 is 2.10 bits per heavy atom. The van der Waals surface area contributed by atoms with Gasteiger partial charge in [0.05, 0.1) is 0 Å². The molecule has 0 amide bonds. The first-order chi connectivity index (χ1) is 9.69. The van der Waals surface area contributed by atoms with E-state index >= 15 is 0 Å². The molecule has 0 radical (unpaired) electrons. The number of aromatic amines is 1. The molecule has 4 nitrogen and oxygen atoms in total. The van der Waals surface area contributed by atoms with Crippen molar-refractivity contribution in [2.75, 3.05) is 0 Å². The van der Waals surface area contributed by atoms with Crippen molar-refractivity contribution in [3.8, 4) is 0 Å². The summed E-state index contributed by atoms with van der Waals surface area (Å²) in [4.78, 5) is 19.5. The summed E-state index contributed by atoms with van der Waals surface area (Å²) in [6, 6.07) is 10.6. The van der Waals surface area contributed by atoms with Gasteiger partial charge in [-0.05, 0) is 37.5 Å². The molecule has 3 rings (SSSR count). The van der Waals surface area contributed by atoms with Gasteiger partial charge in [-0.1, -0.05) is 23.9 Å². The van der Waals surface area contributed by atoms with E-state index in [1.54, 1.807) is 0 Å². The molecule has 1 aliphatic rings. The number of hydrogen-bond donors (Lipinski definition) is 2. The number of rotatable bonds is 5. The van der Waals surface area contributed by atoms with E-state index in [1.165, 1.54) is 36.2 Å². The Labute approximate surface area is 122 Å². The van der Waals surface area contributed by atoms with E-state index in [-0.39, 0.29) is 5.56 Å². The Kier molecular flexibility index (Phi) is 3.89. The lowest BCUT2D eigenvalue weighted by molar-refractivity contribution is 0.687. The summed E-state index contributed by atoms with van der Waals surface area (Å²) in [5.74, 6) is 0. The monoisotopic (exact) mass is 287 g/mol. The number of benzene rings is 1. The minimum absolute atomic E-state index is 0.106. The lowest BCUT2D eigenvalue weighted by atomic mass is 10.2. The molecule has 0 unspecified atom stereocenters. The van der Waals surface area contributed by atoms with Gasteiger partial charge in [0.15, 0.2) is 5.16 Å². The van der Waals surface area contributed by atoms with Crippen LogP contribution in [-0.4, -0.2) is 16.0 Å². The number of nitrogens with zero attached hydrogens (tertiary/aromatic N) is 1. The van der Waals surface area contributed by atoms with Crippen LogP contribution >= 0.6 is 11.8 Å². The topological polar surface area (TPSA) is 57.8 Å². The van der Waals surface area contributed by atoms with Crippen LogP contribution in [0.15, 0.2) is 45.2 Å². The van der Waals surface area contributed by atoms with E-state index < -0.39 is 0 Å². The van der Waals surface area contributed by atoms with Gasteiger partial charge in [0.2, 0.25) is 0 Å². The molecule has 1 aromatic heterocycles. The maximum absolute atomic E-state index is 11.4. The molecule has 5 heteroatoms. The molecule has 0 bridgehead atoms. The second-order valence-corrected chi connectivity index (χ2v) is 6.16. The molecular weight excluding hydrogens is 270 g/mol. The van der Waals surface area contributed by atoms with Gasteiger partial charge >= 0.3 is 0 Å². The van der Waals surface area contributed by atoms with Crippen LogP contribution < -0.4 is 10.9 Å². The quantitative estimate of drug-likeness (QED) is 0.830. The van der Waals surface area contributed by atoms with E-state index in [1.807, 2.05) is 6.92 Å². The standard InChI is InChI=1S/C15H17N3OS/c1-10-8-14(19)18-15(17-10)20-13-6-2-11(3-7-13)9-16-12-4-5-12/h2-3,6-8,12,16H,4-5,9H2,1H3,(H,17,18,19). The molecule has 20 heavy (non-hydrogen) atoms. The molecule has 104 valence electrons. The zero-order chi connectivity index (χ0) is 13.9. The smallest absolute Gasteiger partial charge is 0.251 e. The largest absolute Gasteiger partial charge is 0.310 e. The fraction of sp³-hybridized carbons (Fsp3) is 0.333. The van der Waals surface area contributed by atoms with Crippen LogP contribution in [0.1, 0.15) is 24.1 Å². The third-order valence-corrected chi connectivity index (χ3v) is 4.05. The third kappa shape index (κ3) is 3.71. The van der Waals surface area contributed by atoms with Crippen molar-refractivity contribution in [1.29, 1.82) is 0 Å². The molecule has 2 aromatic rings. The van der Waals surface area contributed by atoms with E-state index in [2.05, 4.69) is 39.6 Å². The van der Waals surface area contributed by atoms with Crippen LogP contribution in [0.3, 0.4) is 0 Å². The molecular formula is C15H17N3OS. The maximum atomic E-state index is 11.4. The van der Waals surface area contributed by atoms with Crippen LogP contribution in [0.4, 0.5) is 0 Å². The van der Waals surface area contributed by atoms with Crippen molar-refractivity contribution >= 4 is 11.8 Å². The highest BCUT2D eigenvalue weighted by Gasteiger charge is 2.19. The number of nitrogens with one attached hydrogen (secondary N) is 2. The molecule has 0 saturated heterocycles. The lowest BCUT2D eigenvalue weighted by Gasteiger charge is -2.05. The fourth-order valence-electron chi connectivity index (χ4n) is 1.94. The van der Waals surface area contributed by atoms with Gasteiger partial charge in [0.25, 0.3) is 5.56 Å². The summed E-state index contributed by atoms with van der Waals surface area (Å²) in [6.45, 7) is 2.75. The van der Waals surface area contributed by atoms with Gasteiger partial charge in [-0.3, -0.25) is 4.79 Å². The van der Waals surface area contributed by atoms with Gasteiger partial charge in [0, 0.05) is 29.2 Å². The molecule has 1 fully saturated rings. The van der Waals surface area contributed by atoms with Gasteiger partial charge in [0.1, 0.15) is 0 Å². The van der Waals surface area contributed by atoms with Gasteiger partial charge < -0.3 is 10.3 Å². The average Bonchev–Trinajstić information content (AvgIpc) is 3.21. The van der Waals surface area contributed by atoms with Gasteiger partial charge in [-0.25, -0.2) is 4.98 Å². The maximum Gasteiger partial charge on any atom is 0.251 e. The van der Waals surface area contributed by atoms with Crippen molar-refractivity contribution in [1.82, 2.24) is 15.3 Å². The molecule has 0 spiro atoms. The second kappa shape index (κ2) is 5.81. The number of aromatic nitrogens is 2. The Hall–Kier alpha value is -1.59. The highest BCUT2D eigenvalue weighted by atomic mass is 32.2. The number of H-pyrrole nitrogens is 1. The third-order valence-electron chi connectivity index (χ3n) is 3.16. The molecule has 0 aliphatic heterocycles. The molecule has 2 N–H and O–H groups in total. The van der Waals surface area contributed by atoms with Crippen molar-refractivity contribution in [2.24, 2.45) is 0 Å². The van der Waals surface area contributed by atoms with Crippen LogP contribution in [0.2, 0.25) is 0 Å². The van der Waals surface area contributed by atoms with Gasteiger partial charge in [-0.15, -0.1) is 0 Å². The first-order valence-corrected chi connectivity index (χ1v) is 7.59. The summed E-state index contributed by atoms with van der Waals surface area (Å²) >= 11 is 1.47. The van der Waals surface area contributed by atoms with Crippen molar-refractivity contribution < 1.29 is 0 Å². The van der Waals surface area contributed by atoms with E-state index in [0.717, 1.165) is 23.2 Å². The average molecular weight is 287 g/mol. The molecule has 1 heterocycles. The van der Waals surface area contributed by atoms with Crippen molar-refractivity contribution in [3.05, 3.63) is 51.9 Å². The summed E-state index contributed by atoms with van der Waals surface area (Å²) < 4.78 is 0. The lowest BCUT2D eigenvalue weighted by Crippen LogP contribution is -2.15. The van der Waals surface area contributed by atoms with Crippen LogP contribution in [0.5, 0.6) is 0 Å². The van der Waals surface area contributed by atoms with Crippen LogP contribution in [0, 0.1) is 6.92 Å². The van der Waals surface area contributed by atoms with Crippen molar-refractivity contribution in [3.63, 3.8) is 0 Å². The Bertz CT molecular complexity index is 647. The van der Waals surface area contributed by atoms with E-state index in [0.29, 0.717) is 5.16 Å². The van der Waals surface area contributed by atoms with Crippen LogP contribution in [0.25, 0.3) is 0 Å². The highest BCUT2D eigenvalue weighted by Crippen LogP contribution is 2.24. The van der Waals surface area contributed by atoms with Crippen molar-refractivity contribution in [2.45, 2.75) is 42.4 Å². The fourth-order valence-corrected chi connectivity index (χ4v) is 2.77. The molecule has 1 aliphatic carbocycles. The first kappa shape index (κ1) is 13.4.